The van der Waals surface area contributed by atoms with Crippen LogP contribution in [0.5, 0.6) is 0 Å². The summed E-state index contributed by atoms with van der Waals surface area (Å²) in [5, 5.41) is 0. The van der Waals surface area contributed by atoms with E-state index in [1.807, 2.05) is 0 Å². The Labute approximate surface area is 92.2 Å². The van der Waals surface area contributed by atoms with Crippen molar-refractivity contribution in [2.45, 2.75) is 0 Å². The van der Waals surface area contributed by atoms with Gasteiger partial charge in [-0.1, -0.05) is 0 Å². The van der Waals surface area contributed by atoms with Crippen molar-refractivity contribution in [3.63, 3.8) is 0 Å². The Balaban J connectivity index is 0. The second-order valence-corrected chi connectivity index (χ2v) is 0. The van der Waals surface area contributed by atoms with Crippen molar-refractivity contribution >= 4 is 76.5 Å². The molecular weight excluding hydrogens is 418 g/mol. The van der Waals surface area contributed by atoms with Crippen LogP contribution in [0.15, 0.2) is 0 Å². The van der Waals surface area contributed by atoms with Crippen LogP contribution in [0.2, 0.25) is 0 Å². The summed E-state index contributed by atoms with van der Waals surface area (Å²) in [4.78, 5) is 0. The maximum absolute atomic E-state index is 0. The third kappa shape index (κ3) is 19.6. The van der Waals surface area contributed by atoms with E-state index in [1.54, 1.807) is 0 Å². The molecule has 0 aromatic rings. The molecule has 0 saturated heterocycles. The first kappa shape index (κ1) is 44.3. The average molecular weight is 418 g/mol. The third-order valence-corrected chi connectivity index (χ3v) is 0. The second-order valence-electron chi connectivity index (χ2n) is 0. The maximum atomic E-state index is 0. The van der Waals surface area contributed by atoms with Gasteiger partial charge in [0.05, 0.1) is 0 Å². The summed E-state index contributed by atoms with van der Waals surface area (Å²) in [6.07, 6.45) is 0. The molecule has 0 N–H and O–H groups in total. The quantitative estimate of drug-likeness (QED) is 0.420. The molecule has 5 heteroatoms. The SMILES string of the molecule is [As].[Cu].[Sb].[Se].[Se]. The van der Waals surface area contributed by atoms with E-state index in [1.165, 1.54) is 0 Å². The van der Waals surface area contributed by atoms with Crippen molar-refractivity contribution in [3.05, 3.63) is 0 Å². The zero-order valence-corrected chi connectivity index (χ0v) is 10.8. The van der Waals surface area contributed by atoms with Crippen molar-refractivity contribution < 1.29 is 17.1 Å². The molecular formula is AsCuSbSe2. The van der Waals surface area contributed by atoms with Gasteiger partial charge in [-0.15, -0.1) is 0 Å². The molecule has 0 aliphatic carbocycles. The molecule has 0 heterocycles. The Kier molecular flexibility index (Phi) is 251. The fourth-order valence-electron chi connectivity index (χ4n) is 0. The molecule has 0 rings (SSSR count). The molecule has 0 bridgehead atoms. The standard InChI is InChI=1S/As.Cu.Sb.2Se. The predicted octanol–water partition coefficient (Wildman–Crippen LogP) is -1.53. The molecule has 5 heavy (non-hydrogen) atoms. The Hall–Kier alpha value is 2.94. The Morgan fingerprint density at radius 3 is 0.800 bits per heavy atom. The molecule has 0 unspecified atom stereocenters. The van der Waals surface area contributed by atoms with Gasteiger partial charge in [0.25, 0.3) is 0 Å². The van der Waals surface area contributed by atoms with Gasteiger partial charge in [0.1, 0.15) is 0 Å². The molecule has 0 nitrogen and oxygen atoms in total. The average Bonchev–Trinajstić information content (AvgIpc) is 0. The molecule has 0 aromatic carbocycles. The van der Waals surface area contributed by atoms with Gasteiger partial charge in [-0.2, -0.15) is 0 Å². The molecule has 0 atom stereocenters. The fraction of sp³-hybridized carbons (Fsp3) is 0. The van der Waals surface area contributed by atoms with Gasteiger partial charge in [0.2, 0.25) is 0 Å². The van der Waals surface area contributed by atoms with Crippen LogP contribution in [-0.2, 0) is 17.1 Å². The number of hydrogen-bond acceptors (Lipinski definition) is 0. The van der Waals surface area contributed by atoms with Crippen LogP contribution >= 0.6 is 0 Å². The largest absolute Gasteiger partial charge is 0 e. The summed E-state index contributed by atoms with van der Waals surface area (Å²) < 4.78 is 0. The minimum atomic E-state index is 0. The van der Waals surface area contributed by atoms with Crippen LogP contribution in [-0.4, -0.2) is 76.5 Å². The summed E-state index contributed by atoms with van der Waals surface area (Å²) in [5.74, 6) is 0. The number of rotatable bonds is 0. The molecule has 11 radical (unpaired) electrons. The van der Waals surface area contributed by atoms with Crippen molar-refractivity contribution in [2.24, 2.45) is 0 Å². The molecule has 0 spiro atoms. The molecule has 0 fully saturated rings. The van der Waals surface area contributed by atoms with E-state index in [0.29, 0.717) is 0 Å². The summed E-state index contributed by atoms with van der Waals surface area (Å²) in [6.45, 7) is 0. The summed E-state index contributed by atoms with van der Waals surface area (Å²) >= 11 is 0. The van der Waals surface area contributed by atoms with Crippen molar-refractivity contribution in [2.75, 3.05) is 0 Å². The zero-order valence-electron chi connectivity index (χ0n) is 2.01. The summed E-state index contributed by atoms with van der Waals surface area (Å²) in [6, 6.07) is 0. The van der Waals surface area contributed by atoms with Gasteiger partial charge < -0.3 is 0 Å². The van der Waals surface area contributed by atoms with Gasteiger partial charge >= 0.3 is 0 Å². The van der Waals surface area contributed by atoms with Gasteiger partial charge in [0, 0.05) is 93.6 Å². The molecule has 0 aromatic heterocycles. The van der Waals surface area contributed by atoms with Crippen LogP contribution in [0, 0.1) is 0 Å². The van der Waals surface area contributed by atoms with Crippen LogP contribution in [0.3, 0.4) is 0 Å². The van der Waals surface area contributed by atoms with E-state index >= 15 is 0 Å². The first-order valence-electron chi connectivity index (χ1n) is 0. The Morgan fingerprint density at radius 2 is 0.800 bits per heavy atom. The van der Waals surface area contributed by atoms with E-state index in [0.717, 1.165) is 0 Å². The monoisotopic (exact) mass is 419 g/mol. The third-order valence-electron chi connectivity index (χ3n) is 0. The Bertz CT molecular complexity index is 9.61. The summed E-state index contributed by atoms with van der Waals surface area (Å²) in [5.41, 5.74) is 0. The minimum Gasteiger partial charge on any atom is 0 e. The molecule has 0 saturated carbocycles. The van der Waals surface area contributed by atoms with Gasteiger partial charge in [-0.3, -0.25) is 0 Å². The molecule has 0 aliphatic rings. The summed E-state index contributed by atoms with van der Waals surface area (Å²) in [7, 11) is 0. The van der Waals surface area contributed by atoms with E-state index in [2.05, 4.69) is 0 Å². The first-order chi connectivity index (χ1) is 0. The topological polar surface area (TPSA) is 0 Å². The minimum absolute atomic E-state index is 0. The predicted molar refractivity (Wildman–Crippen MR) is 23.0 cm³/mol. The number of hydrogen-bond donors (Lipinski definition) is 0. The zero-order chi connectivity index (χ0) is 0. The van der Waals surface area contributed by atoms with Crippen molar-refractivity contribution in [1.29, 1.82) is 0 Å². The van der Waals surface area contributed by atoms with Crippen molar-refractivity contribution in [1.82, 2.24) is 0 Å². The van der Waals surface area contributed by atoms with Crippen LogP contribution in [0.1, 0.15) is 0 Å². The van der Waals surface area contributed by atoms with E-state index in [9.17, 15) is 0 Å². The van der Waals surface area contributed by atoms with E-state index in [4.69, 9.17) is 0 Å². The smallest absolute Gasteiger partial charge is 0 e. The fourth-order valence-corrected chi connectivity index (χ4v) is 0. The normalized spacial score (nSPS) is 0. The van der Waals surface area contributed by atoms with Gasteiger partial charge in [-0.25, -0.2) is 0 Å². The van der Waals surface area contributed by atoms with Crippen molar-refractivity contribution in [3.8, 4) is 0 Å². The maximum Gasteiger partial charge on any atom is 0 e. The van der Waals surface area contributed by atoms with E-state index in [-0.39, 0.29) is 93.6 Å². The second kappa shape index (κ2) is 28.4. The van der Waals surface area contributed by atoms with E-state index < -0.39 is 0 Å². The first-order valence-corrected chi connectivity index (χ1v) is 0. The van der Waals surface area contributed by atoms with Crippen LogP contribution < -0.4 is 0 Å². The molecule has 0 amide bonds. The Morgan fingerprint density at radius 1 is 0.800 bits per heavy atom. The van der Waals surface area contributed by atoms with Crippen LogP contribution in [0.4, 0.5) is 0 Å². The van der Waals surface area contributed by atoms with Crippen LogP contribution in [0.25, 0.3) is 0 Å². The van der Waals surface area contributed by atoms with Gasteiger partial charge in [-0.05, 0) is 0 Å². The molecule has 0 aliphatic heterocycles. The van der Waals surface area contributed by atoms with Gasteiger partial charge in [0.15, 0.2) is 0 Å². The molecule has 33 valence electrons.